The first-order chi connectivity index (χ1) is 7.36. The van der Waals surface area contributed by atoms with Gasteiger partial charge in [-0.25, -0.2) is 9.97 Å². The predicted molar refractivity (Wildman–Crippen MR) is 68.9 cm³/mol. The second-order valence-corrected chi connectivity index (χ2v) is 4.89. The van der Waals surface area contributed by atoms with Crippen molar-refractivity contribution in [2.45, 2.75) is 25.3 Å². The maximum Gasteiger partial charge on any atom is 0.142 e. The van der Waals surface area contributed by atoms with Gasteiger partial charge in [0.05, 0.1) is 3.57 Å². The molecular weight excluding hydrogens is 303 g/mol. The number of aromatic nitrogens is 2. The third-order valence-corrected chi connectivity index (χ3v) is 3.40. The summed E-state index contributed by atoms with van der Waals surface area (Å²) in [6.07, 6.45) is 7.19. The molecule has 0 aliphatic carbocycles. The summed E-state index contributed by atoms with van der Waals surface area (Å²) < 4.78 is 1.08. The van der Waals surface area contributed by atoms with E-state index in [1.54, 1.807) is 6.33 Å². The molecule has 4 nitrogen and oxygen atoms in total. The zero-order valence-electron chi connectivity index (χ0n) is 8.54. The van der Waals surface area contributed by atoms with Crippen molar-refractivity contribution in [2.75, 3.05) is 18.4 Å². The molecule has 2 N–H and O–H groups in total. The number of hydrogen-bond acceptors (Lipinski definition) is 4. The lowest BCUT2D eigenvalue weighted by atomic mass is 10.1. The van der Waals surface area contributed by atoms with Crippen LogP contribution < -0.4 is 10.6 Å². The van der Waals surface area contributed by atoms with E-state index in [4.69, 9.17) is 0 Å². The molecule has 1 aliphatic heterocycles. The lowest BCUT2D eigenvalue weighted by Gasteiger charge is -2.11. The quantitative estimate of drug-likeness (QED) is 0.829. The van der Waals surface area contributed by atoms with Crippen molar-refractivity contribution in [1.82, 2.24) is 15.3 Å². The fourth-order valence-electron chi connectivity index (χ4n) is 1.81. The van der Waals surface area contributed by atoms with Crippen LogP contribution >= 0.6 is 22.6 Å². The highest BCUT2D eigenvalue weighted by Gasteiger charge is 2.13. The third kappa shape index (κ3) is 3.27. The Balaban J connectivity index is 1.75. The van der Waals surface area contributed by atoms with Gasteiger partial charge in [-0.15, -0.1) is 0 Å². The molecule has 0 saturated carbocycles. The predicted octanol–water partition coefficient (Wildman–Crippen LogP) is 1.64. The van der Waals surface area contributed by atoms with Gasteiger partial charge >= 0.3 is 0 Å². The van der Waals surface area contributed by atoms with Crippen LogP contribution in [0.3, 0.4) is 0 Å². The SMILES string of the molecule is Ic1cncnc1NCC[C@@H]1CCCN1. The first kappa shape index (κ1) is 11.1. The molecule has 2 rings (SSSR count). The first-order valence-corrected chi connectivity index (χ1v) is 6.37. The average Bonchev–Trinajstić information content (AvgIpc) is 2.74. The number of nitrogens with one attached hydrogen (secondary N) is 2. The molecule has 0 amide bonds. The molecule has 0 bridgehead atoms. The van der Waals surface area contributed by atoms with E-state index < -0.39 is 0 Å². The van der Waals surface area contributed by atoms with Crippen LogP contribution in [0.15, 0.2) is 12.5 Å². The van der Waals surface area contributed by atoms with Crippen molar-refractivity contribution < 1.29 is 0 Å². The number of rotatable bonds is 4. The minimum atomic E-state index is 0.692. The Morgan fingerprint density at radius 3 is 3.27 bits per heavy atom. The van der Waals surface area contributed by atoms with Gasteiger partial charge in [0.15, 0.2) is 0 Å². The van der Waals surface area contributed by atoms with Crippen molar-refractivity contribution in [1.29, 1.82) is 0 Å². The molecule has 15 heavy (non-hydrogen) atoms. The molecule has 0 radical (unpaired) electrons. The number of anilines is 1. The van der Waals surface area contributed by atoms with E-state index in [0.29, 0.717) is 6.04 Å². The zero-order chi connectivity index (χ0) is 10.5. The minimum absolute atomic E-state index is 0.692. The Bertz CT molecular complexity index is 312. The van der Waals surface area contributed by atoms with E-state index >= 15 is 0 Å². The zero-order valence-corrected chi connectivity index (χ0v) is 10.7. The van der Waals surface area contributed by atoms with E-state index in [1.807, 2.05) is 6.20 Å². The van der Waals surface area contributed by atoms with E-state index in [1.165, 1.54) is 25.8 Å². The standard InChI is InChI=1S/C10H15IN4/c11-9-6-12-7-15-10(9)14-5-3-8-2-1-4-13-8/h6-8,13H,1-5H2,(H,12,14,15)/t8-/m0/s1. The minimum Gasteiger partial charge on any atom is -0.369 e. The fourth-order valence-corrected chi connectivity index (χ4v) is 2.30. The number of hydrogen-bond donors (Lipinski definition) is 2. The molecular formula is C10H15IN4. The first-order valence-electron chi connectivity index (χ1n) is 5.29. The molecule has 1 aromatic heterocycles. The lowest BCUT2D eigenvalue weighted by Crippen LogP contribution is -2.24. The summed E-state index contributed by atoms with van der Waals surface area (Å²) in [6, 6.07) is 0.692. The van der Waals surface area contributed by atoms with Gasteiger partial charge in [-0.2, -0.15) is 0 Å². The van der Waals surface area contributed by atoms with E-state index in [9.17, 15) is 0 Å². The number of nitrogens with zero attached hydrogens (tertiary/aromatic N) is 2. The van der Waals surface area contributed by atoms with Crippen LogP contribution in [-0.4, -0.2) is 29.1 Å². The Morgan fingerprint density at radius 2 is 2.53 bits per heavy atom. The van der Waals surface area contributed by atoms with Gasteiger partial charge in [0.2, 0.25) is 0 Å². The van der Waals surface area contributed by atoms with Gasteiger partial charge < -0.3 is 10.6 Å². The highest BCUT2D eigenvalue weighted by Crippen LogP contribution is 2.13. The van der Waals surface area contributed by atoms with Crippen molar-refractivity contribution >= 4 is 28.4 Å². The van der Waals surface area contributed by atoms with Gasteiger partial charge in [0.25, 0.3) is 0 Å². The Kier molecular flexibility index (Phi) is 4.13. The Hall–Kier alpha value is -0.430. The molecule has 82 valence electrons. The van der Waals surface area contributed by atoms with E-state index in [2.05, 4.69) is 43.2 Å². The van der Waals surface area contributed by atoms with Crippen molar-refractivity contribution in [2.24, 2.45) is 0 Å². The summed E-state index contributed by atoms with van der Waals surface area (Å²) in [6.45, 7) is 2.15. The second-order valence-electron chi connectivity index (χ2n) is 3.73. The van der Waals surface area contributed by atoms with Gasteiger partial charge in [-0.3, -0.25) is 0 Å². The average molecular weight is 318 g/mol. The van der Waals surface area contributed by atoms with E-state index in [-0.39, 0.29) is 0 Å². The third-order valence-electron chi connectivity index (χ3n) is 2.62. The maximum atomic E-state index is 4.19. The summed E-state index contributed by atoms with van der Waals surface area (Å²) >= 11 is 2.25. The van der Waals surface area contributed by atoms with Crippen molar-refractivity contribution in [3.8, 4) is 0 Å². The lowest BCUT2D eigenvalue weighted by molar-refractivity contribution is 0.574. The van der Waals surface area contributed by atoms with Gasteiger partial charge in [0, 0.05) is 18.8 Å². The summed E-state index contributed by atoms with van der Waals surface area (Å²) in [4.78, 5) is 8.15. The van der Waals surface area contributed by atoms with Crippen LogP contribution in [0.4, 0.5) is 5.82 Å². The smallest absolute Gasteiger partial charge is 0.142 e. The molecule has 1 fully saturated rings. The van der Waals surface area contributed by atoms with Crippen molar-refractivity contribution in [3.63, 3.8) is 0 Å². The number of halogens is 1. The van der Waals surface area contributed by atoms with Crippen LogP contribution in [-0.2, 0) is 0 Å². The van der Waals surface area contributed by atoms with Crippen LogP contribution in [0, 0.1) is 3.57 Å². The van der Waals surface area contributed by atoms with Crippen LogP contribution in [0.25, 0.3) is 0 Å². The summed E-state index contributed by atoms with van der Waals surface area (Å²) in [5, 5.41) is 6.82. The van der Waals surface area contributed by atoms with Gasteiger partial charge in [-0.1, -0.05) is 0 Å². The molecule has 1 aromatic rings. The summed E-state index contributed by atoms with van der Waals surface area (Å²) in [7, 11) is 0. The van der Waals surface area contributed by atoms with Crippen LogP contribution in [0.2, 0.25) is 0 Å². The molecule has 1 saturated heterocycles. The molecule has 0 spiro atoms. The molecule has 5 heteroatoms. The monoisotopic (exact) mass is 318 g/mol. The van der Waals surface area contributed by atoms with Gasteiger partial charge in [-0.05, 0) is 48.4 Å². The molecule has 1 atom stereocenters. The maximum absolute atomic E-state index is 4.19. The molecule has 1 aliphatic rings. The van der Waals surface area contributed by atoms with Crippen molar-refractivity contribution in [3.05, 3.63) is 16.1 Å². The largest absolute Gasteiger partial charge is 0.369 e. The topological polar surface area (TPSA) is 49.8 Å². The summed E-state index contributed by atoms with van der Waals surface area (Å²) in [5.41, 5.74) is 0. The van der Waals surface area contributed by atoms with Crippen LogP contribution in [0.1, 0.15) is 19.3 Å². The second kappa shape index (κ2) is 5.60. The normalized spacial score (nSPS) is 20.5. The Morgan fingerprint density at radius 1 is 1.60 bits per heavy atom. The molecule has 0 aromatic carbocycles. The van der Waals surface area contributed by atoms with Gasteiger partial charge in [0.1, 0.15) is 12.1 Å². The Labute approximate surface area is 103 Å². The highest BCUT2D eigenvalue weighted by atomic mass is 127. The van der Waals surface area contributed by atoms with E-state index in [0.717, 1.165) is 15.9 Å². The van der Waals surface area contributed by atoms with Crippen LogP contribution in [0.5, 0.6) is 0 Å². The molecule has 0 unspecified atom stereocenters. The fraction of sp³-hybridized carbons (Fsp3) is 0.600. The summed E-state index contributed by atoms with van der Waals surface area (Å²) in [5.74, 6) is 0.948. The highest BCUT2D eigenvalue weighted by molar-refractivity contribution is 14.1. The molecule has 2 heterocycles.